The van der Waals surface area contributed by atoms with Crippen LogP contribution in [-0.2, 0) is 22.4 Å². The summed E-state index contributed by atoms with van der Waals surface area (Å²) in [5.74, 6) is 0.154. The van der Waals surface area contributed by atoms with E-state index in [2.05, 4.69) is 15.0 Å². The number of nitrogens with zero attached hydrogens (tertiary/aromatic N) is 2. The zero-order valence-electron chi connectivity index (χ0n) is 17.7. The summed E-state index contributed by atoms with van der Waals surface area (Å²) in [6, 6.07) is 7.85. The fourth-order valence-corrected chi connectivity index (χ4v) is 3.83. The van der Waals surface area contributed by atoms with E-state index in [-0.39, 0.29) is 17.6 Å². The Morgan fingerprint density at radius 2 is 2.06 bits per heavy atom. The van der Waals surface area contributed by atoms with E-state index >= 15 is 0 Å². The smallest absolute Gasteiger partial charge is 0.406 e. The average molecular weight is 457 g/mol. The molecule has 2 aliphatic heterocycles. The Hall–Kier alpha value is -3.62. The maximum Gasteiger partial charge on any atom is 0.573 e. The Labute approximate surface area is 188 Å². The molecule has 0 saturated carbocycles. The van der Waals surface area contributed by atoms with Crippen LogP contribution in [0.4, 0.5) is 19.0 Å². The number of hydrogen-bond acceptors (Lipinski definition) is 4. The fourth-order valence-electron chi connectivity index (χ4n) is 3.83. The molecule has 0 saturated heterocycles. The molecular weight excluding hydrogens is 435 g/mol. The van der Waals surface area contributed by atoms with Gasteiger partial charge in [0.2, 0.25) is 11.8 Å². The molecule has 1 aromatic carbocycles. The number of pyridine rings is 1. The molecule has 1 aromatic heterocycles. The van der Waals surface area contributed by atoms with Crippen molar-refractivity contribution < 1.29 is 27.5 Å². The van der Waals surface area contributed by atoms with Gasteiger partial charge in [-0.3, -0.25) is 9.59 Å². The summed E-state index contributed by atoms with van der Waals surface area (Å²) in [5, 5.41) is 2.73. The molecule has 0 radical (unpaired) electrons. The molecule has 4 rings (SSSR count). The van der Waals surface area contributed by atoms with Crippen molar-refractivity contribution in [3.05, 3.63) is 70.9 Å². The van der Waals surface area contributed by atoms with Gasteiger partial charge in [0.1, 0.15) is 11.6 Å². The SMILES string of the molecule is O=C1CCc2cc(/C=C/C(=O)N3CC=C(Cc4cccc(OC(F)(F)F)c4)CC3)cnc2N1. The number of nitrogens with one attached hydrogen (secondary N) is 1. The van der Waals surface area contributed by atoms with Crippen molar-refractivity contribution in [2.75, 3.05) is 18.4 Å². The van der Waals surface area contributed by atoms with Crippen LogP contribution in [0.3, 0.4) is 0 Å². The number of hydrogen-bond donors (Lipinski definition) is 1. The van der Waals surface area contributed by atoms with Gasteiger partial charge in [-0.2, -0.15) is 0 Å². The predicted molar refractivity (Wildman–Crippen MR) is 116 cm³/mol. The Bertz CT molecular complexity index is 1130. The number of aromatic nitrogens is 1. The van der Waals surface area contributed by atoms with Crippen molar-refractivity contribution in [3.8, 4) is 5.75 Å². The predicted octanol–water partition coefficient (Wildman–Crippen LogP) is 4.28. The van der Waals surface area contributed by atoms with Gasteiger partial charge in [0.05, 0.1) is 0 Å². The zero-order valence-corrected chi connectivity index (χ0v) is 17.7. The summed E-state index contributed by atoms with van der Waals surface area (Å²) in [4.78, 5) is 29.9. The van der Waals surface area contributed by atoms with Gasteiger partial charge in [-0.05, 0) is 60.2 Å². The summed E-state index contributed by atoms with van der Waals surface area (Å²) < 4.78 is 41.2. The monoisotopic (exact) mass is 457 g/mol. The second kappa shape index (κ2) is 9.48. The number of rotatable bonds is 5. The van der Waals surface area contributed by atoms with Crippen LogP contribution in [0.1, 0.15) is 29.5 Å². The summed E-state index contributed by atoms with van der Waals surface area (Å²) >= 11 is 0. The third-order valence-electron chi connectivity index (χ3n) is 5.46. The van der Waals surface area contributed by atoms with E-state index in [4.69, 9.17) is 0 Å². The molecule has 2 aromatic rings. The van der Waals surface area contributed by atoms with Gasteiger partial charge in [0.15, 0.2) is 0 Å². The van der Waals surface area contributed by atoms with Crippen molar-refractivity contribution in [3.63, 3.8) is 0 Å². The van der Waals surface area contributed by atoms with Gasteiger partial charge >= 0.3 is 6.36 Å². The Balaban J connectivity index is 1.33. The number of alkyl halides is 3. The molecular formula is C24H22F3N3O3. The quantitative estimate of drug-likeness (QED) is 0.538. The zero-order chi connectivity index (χ0) is 23.4. The fraction of sp³-hybridized carbons (Fsp3) is 0.292. The molecule has 0 unspecified atom stereocenters. The molecule has 3 heterocycles. The highest BCUT2D eigenvalue weighted by atomic mass is 19.4. The van der Waals surface area contributed by atoms with E-state index in [1.165, 1.54) is 24.3 Å². The number of benzene rings is 1. The van der Waals surface area contributed by atoms with Crippen LogP contribution in [0.2, 0.25) is 0 Å². The molecule has 0 spiro atoms. The minimum absolute atomic E-state index is 0.0478. The highest BCUT2D eigenvalue weighted by Crippen LogP contribution is 2.25. The van der Waals surface area contributed by atoms with Crippen LogP contribution in [0, 0.1) is 0 Å². The molecule has 0 bridgehead atoms. The molecule has 2 aliphatic rings. The maximum atomic E-state index is 12.6. The molecule has 33 heavy (non-hydrogen) atoms. The molecule has 0 atom stereocenters. The minimum atomic E-state index is -4.72. The first-order valence-corrected chi connectivity index (χ1v) is 10.5. The van der Waals surface area contributed by atoms with Crippen molar-refractivity contribution >= 4 is 23.7 Å². The highest BCUT2D eigenvalue weighted by molar-refractivity contribution is 5.94. The Morgan fingerprint density at radius 3 is 2.82 bits per heavy atom. The van der Waals surface area contributed by atoms with E-state index in [1.54, 1.807) is 23.2 Å². The minimum Gasteiger partial charge on any atom is -0.406 e. The van der Waals surface area contributed by atoms with Crippen molar-refractivity contribution in [2.24, 2.45) is 0 Å². The number of amides is 2. The Morgan fingerprint density at radius 1 is 1.21 bits per heavy atom. The van der Waals surface area contributed by atoms with Gasteiger partial charge in [-0.25, -0.2) is 4.98 Å². The normalized spacial score (nSPS) is 16.3. The van der Waals surface area contributed by atoms with E-state index in [0.29, 0.717) is 44.6 Å². The van der Waals surface area contributed by atoms with E-state index in [1.807, 2.05) is 12.1 Å². The van der Waals surface area contributed by atoms with Gasteiger partial charge < -0.3 is 15.0 Å². The summed E-state index contributed by atoms with van der Waals surface area (Å²) in [5.41, 5.74) is 3.51. The van der Waals surface area contributed by atoms with Crippen LogP contribution in [0.15, 0.2) is 54.3 Å². The molecule has 172 valence electrons. The van der Waals surface area contributed by atoms with Gasteiger partial charge in [0, 0.05) is 31.8 Å². The van der Waals surface area contributed by atoms with E-state index in [0.717, 1.165) is 22.3 Å². The topological polar surface area (TPSA) is 71.5 Å². The molecule has 6 nitrogen and oxygen atoms in total. The lowest BCUT2D eigenvalue weighted by Gasteiger charge is -2.25. The van der Waals surface area contributed by atoms with Crippen molar-refractivity contribution in [2.45, 2.75) is 32.0 Å². The van der Waals surface area contributed by atoms with Crippen molar-refractivity contribution in [1.82, 2.24) is 9.88 Å². The van der Waals surface area contributed by atoms with Crippen LogP contribution in [-0.4, -0.2) is 41.2 Å². The summed E-state index contributed by atoms with van der Waals surface area (Å²) in [7, 11) is 0. The number of anilines is 1. The van der Waals surface area contributed by atoms with Crippen molar-refractivity contribution in [1.29, 1.82) is 0 Å². The van der Waals surface area contributed by atoms with Crippen LogP contribution < -0.4 is 10.1 Å². The first-order valence-electron chi connectivity index (χ1n) is 10.5. The second-order valence-corrected chi connectivity index (χ2v) is 7.93. The molecule has 0 aliphatic carbocycles. The number of halogens is 3. The largest absolute Gasteiger partial charge is 0.573 e. The lowest BCUT2D eigenvalue weighted by atomic mass is 9.99. The number of fused-ring (bicyclic) bond motifs is 1. The second-order valence-electron chi connectivity index (χ2n) is 7.93. The van der Waals surface area contributed by atoms with E-state index in [9.17, 15) is 22.8 Å². The first kappa shape index (κ1) is 22.6. The van der Waals surface area contributed by atoms with Crippen LogP contribution in [0.5, 0.6) is 5.75 Å². The van der Waals surface area contributed by atoms with Gasteiger partial charge in [-0.15, -0.1) is 13.2 Å². The molecule has 9 heteroatoms. The number of aryl methyl sites for hydroxylation is 1. The third-order valence-corrected chi connectivity index (χ3v) is 5.46. The van der Waals surface area contributed by atoms with Gasteiger partial charge in [0.25, 0.3) is 0 Å². The van der Waals surface area contributed by atoms with E-state index < -0.39 is 6.36 Å². The number of carbonyl (C=O) groups excluding carboxylic acids is 2. The molecule has 2 amide bonds. The first-order chi connectivity index (χ1) is 15.7. The Kier molecular flexibility index (Phi) is 6.48. The average Bonchev–Trinajstić information content (AvgIpc) is 2.77. The lowest BCUT2D eigenvalue weighted by molar-refractivity contribution is -0.274. The lowest BCUT2D eigenvalue weighted by Crippen LogP contribution is -2.33. The van der Waals surface area contributed by atoms with Crippen LogP contribution >= 0.6 is 0 Å². The molecule has 0 fully saturated rings. The standard InChI is InChI=1S/C24H22F3N3O3/c25-24(26,27)33-20-3-1-2-17(14-20)12-16-8-10-30(11-9-16)22(32)7-4-18-13-19-5-6-21(31)29-23(19)28-15-18/h1-4,7-8,13-15H,5-6,9-12H2,(H,28,29,31)/b7-4+. The third kappa shape index (κ3) is 6.21. The maximum absolute atomic E-state index is 12.6. The number of ether oxygens (including phenoxy) is 1. The number of carbonyl (C=O) groups is 2. The summed E-state index contributed by atoms with van der Waals surface area (Å²) in [6.07, 6.45) is 4.22. The highest BCUT2D eigenvalue weighted by Gasteiger charge is 2.31. The molecule has 1 N–H and O–H groups in total. The van der Waals surface area contributed by atoms with Gasteiger partial charge in [-0.1, -0.05) is 23.8 Å². The summed E-state index contributed by atoms with van der Waals surface area (Å²) in [6.45, 7) is 0.966. The van der Waals surface area contributed by atoms with Crippen LogP contribution in [0.25, 0.3) is 6.08 Å².